The van der Waals surface area contributed by atoms with Crippen LogP contribution in [-0.4, -0.2) is 74.1 Å². The minimum Gasteiger partial charge on any atom is -0.460 e. The van der Waals surface area contributed by atoms with Gasteiger partial charge in [0.2, 0.25) is 0 Å². The molecule has 1 heterocycles. The van der Waals surface area contributed by atoms with Gasteiger partial charge in [0, 0.05) is 25.9 Å². The first kappa shape index (κ1) is 24.0. The predicted molar refractivity (Wildman–Crippen MR) is 94.7 cm³/mol. The highest BCUT2D eigenvalue weighted by atomic mass is 16.7. The van der Waals surface area contributed by atoms with E-state index in [1.54, 1.807) is 0 Å². The molecular formula is C18H29NO9. The van der Waals surface area contributed by atoms with Gasteiger partial charge in [-0.05, 0) is 27.2 Å². The van der Waals surface area contributed by atoms with Crippen molar-refractivity contribution in [3.05, 3.63) is 0 Å². The molecule has 2 amide bonds. The lowest BCUT2D eigenvalue weighted by molar-refractivity contribution is -0.200. The van der Waals surface area contributed by atoms with Crippen LogP contribution in [0.5, 0.6) is 0 Å². The van der Waals surface area contributed by atoms with Gasteiger partial charge in [-0.25, -0.2) is 4.79 Å². The van der Waals surface area contributed by atoms with Crippen molar-refractivity contribution < 1.29 is 43.0 Å². The average molecular weight is 403 g/mol. The van der Waals surface area contributed by atoms with E-state index in [2.05, 4.69) is 4.84 Å². The number of rotatable bonds is 13. The summed E-state index contributed by atoms with van der Waals surface area (Å²) in [6, 6.07) is 0. The lowest BCUT2D eigenvalue weighted by atomic mass is 10.2. The van der Waals surface area contributed by atoms with Gasteiger partial charge in [0.25, 0.3) is 11.8 Å². The molecule has 0 spiro atoms. The maximum atomic E-state index is 11.5. The third-order valence-corrected chi connectivity index (χ3v) is 3.25. The minimum absolute atomic E-state index is 0.0455. The van der Waals surface area contributed by atoms with Crippen LogP contribution >= 0.6 is 0 Å². The van der Waals surface area contributed by atoms with Crippen LogP contribution in [0, 0.1) is 0 Å². The SMILES string of the molecule is CC(C)(C)OC(=O)CCCOCCOCCOCC(=O)ON1C(=O)CCC1=O. The molecule has 1 saturated heterocycles. The Kier molecular flexibility index (Phi) is 10.6. The number of hydrogen-bond donors (Lipinski definition) is 0. The third kappa shape index (κ3) is 11.0. The molecule has 0 N–H and O–H groups in total. The molecule has 0 saturated carbocycles. The number of nitrogens with zero attached hydrogens (tertiary/aromatic N) is 1. The number of carbonyl (C=O) groups is 4. The fraction of sp³-hybridized carbons (Fsp3) is 0.778. The van der Waals surface area contributed by atoms with Crippen molar-refractivity contribution in [2.45, 2.75) is 52.1 Å². The highest BCUT2D eigenvalue weighted by molar-refractivity contribution is 6.01. The quantitative estimate of drug-likeness (QED) is 0.249. The first-order valence-electron chi connectivity index (χ1n) is 9.20. The van der Waals surface area contributed by atoms with E-state index in [0.29, 0.717) is 37.7 Å². The molecular weight excluding hydrogens is 374 g/mol. The molecule has 0 aromatic heterocycles. The van der Waals surface area contributed by atoms with Crippen molar-refractivity contribution in [1.82, 2.24) is 5.06 Å². The molecule has 0 unspecified atom stereocenters. The molecule has 0 aromatic carbocycles. The molecule has 1 fully saturated rings. The van der Waals surface area contributed by atoms with E-state index in [9.17, 15) is 19.2 Å². The second-order valence-electron chi connectivity index (χ2n) is 7.01. The highest BCUT2D eigenvalue weighted by Crippen LogP contribution is 2.12. The topological polar surface area (TPSA) is 118 Å². The van der Waals surface area contributed by atoms with Crippen molar-refractivity contribution in [2.24, 2.45) is 0 Å². The third-order valence-electron chi connectivity index (χ3n) is 3.25. The summed E-state index contributed by atoms with van der Waals surface area (Å²) in [6.07, 6.45) is 0.965. The maximum absolute atomic E-state index is 11.5. The fourth-order valence-corrected chi connectivity index (χ4v) is 2.09. The Morgan fingerprint density at radius 2 is 1.39 bits per heavy atom. The smallest absolute Gasteiger partial charge is 0.358 e. The number of hydroxylamine groups is 2. The average Bonchev–Trinajstić information content (AvgIpc) is 2.90. The Labute approximate surface area is 164 Å². The van der Waals surface area contributed by atoms with Crippen LogP contribution < -0.4 is 0 Å². The summed E-state index contributed by atoms with van der Waals surface area (Å²) >= 11 is 0. The van der Waals surface area contributed by atoms with E-state index in [1.165, 1.54) is 0 Å². The molecule has 0 aromatic rings. The Morgan fingerprint density at radius 1 is 0.857 bits per heavy atom. The van der Waals surface area contributed by atoms with Crippen molar-refractivity contribution >= 4 is 23.8 Å². The normalized spacial score (nSPS) is 14.5. The molecule has 10 nitrogen and oxygen atoms in total. The summed E-state index contributed by atoms with van der Waals surface area (Å²) in [6.45, 7) is 6.61. The van der Waals surface area contributed by atoms with Gasteiger partial charge in [-0.2, -0.15) is 0 Å². The van der Waals surface area contributed by atoms with Crippen LogP contribution in [0.2, 0.25) is 0 Å². The summed E-state index contributed by atoms with van der Waals surface area (Å²) in [5, 5.41) is 0.475. The number of ether oxygens (including phenoxy) is 4. The van der Waals surface area contributed by atoms with E-state index < -0.39 is 23.4 Å². The second-order valence-corrected chi connectivity index (χ2v) is 7.01. The van der Waals surface area contributed by atoms with Crippen LogP contribution in [0.1, 0.15) is 46.5 Å². The Morgan fingerprint density at radius 3 is 1.96 bits per heavy atom. The van der Waals surface area contributed by atoms with Gasteiger partial charge < -0.3 is 23.8 Å². The van der Waals surface area contributed by atoms with Gasteiger partial charge in [-0.15, -0.1) is 5.06 Å². The predicted octanol–water partition coefficient (Wildman–Crippen LogP) is 0.765. The number of imide groups is 1. The molecule has 1 aliphatic rings. The van der Waals surface area contributed by atoms with Crippen molar-refractivity contribution in [1.29, 1.82) is 0 Å². The molecule has 0 radical (unpaired) electrons. The summed E-state index contributed by atoms with van der Waals surface area (Å²) in [4.78, 5) is 50.2. The zero-order valence-electron chi connectivity index (χ0n) is 16.7. The number of carbonyl (C=O) groups excluding carboxylic acids is 4. The van der Waals surface area contributed by atoms with Crippen LogP contribution in [0.3, 0.4) is 0 Å². The van der Waals surface area contributed by atoms with Gasteiger partial charge in [0.15, 0.2) is 0 Å². The molecule has 0 atom stereocenters. The van der Waals surface area contributed by atoms with Gasteiger partial charge in [-0.3, -0.25) is 14.4 Å². The number of esters is 1. The summed E-state index contributed by atoms with van der Waals surface area (Å²) in [5.74, 6) is -2.14. The van der Waals surface area contributed by atoms with Crippen molar-refractivity contribution in [3.8, 4) is 0 Å². The molecule has 0 aliphatic carbocycles. The van der Waals surface area contributed by atoms with Gasteiger partial charge in [0.1, 0.15) is 12.2 Å². The molecule has 10 heteroatoms. The van der Waals surface area contributed by atoms with E-state index >= 15 is 0 Å². The largest absolute Gasteiger partial charge is 0.460 e. The van der Waals surface area contributed by atoms with E-state index in [0.717, 1.165) is 0 Å². The Balaban J connectivity index is 1.89. The fourth-order valence-electron chi connectivity index (χ4n) is 2.09. The zero-order chi connectivity index (χ0) is 21.0. The van der Waals surface area contributed by atoms with Crippen molar-refractivity contribution in [2.75, 3.05) is 39.6 Å². The van der Waals surface area contributed by atoms with Crippen molar-refractivity contribution in [3.63, 3.8) is 0 Å². The summed E-state index contributed by atoms with van der Waals surface area (Å²) in [7, 11) is 0. The van der Waals surface area contributed by atoms with E-state index in [-0.39, 0.29) is 38.6 Å². The minimum atomic E-state index is -0.822. The number of amides is 2. The maximum Gasteiger partial charge on any atom is 0.358 e. The van der Waals surface area contributed by atoms with E-state index in [1.807, 2.05) is 20.8 Å². The van der Waals surface area contributed by atoms with E-state index in [4.69, 9.17) is 18.9 Å². The molecule has 1 aliphatic heterocycles. The molecule has 0 bridgehead atoms. The second kappa shape index (κ2) is 12.4. The Hall–Kier alpha value is -2.04. The van der Waals surface area contributed by atoms with Gasteiger partial charge in [0.05, 0.1) is 26.4 Å². The molecule has 28 heavy (non-hydrogen) atoms. The first-order chi connectivity index (χ1) is 13.2. The lowest BCUT2D eigenvalue weighted by Crippen LogP contribution is -2.33. The van der Waals surface area contributed by atoms with Crippen LogP contribution in [0.4, 0.5) is 0 Å². The van der Waals surface area contributed by atoms with Crippen LogP contribution in [0.25, 0.3) is 0 Å². The lowest BCUT2D eigenvalue weighted by Gasteiger charge is -2.19. The standard InChI is InChI=1S/C18H29NO9/c1-18(2,3)27-16(22)5-4-8-24-9-10-25-11-12-26-13-17(23)28-19-14(20)6-7-15(19)21/h4-13H2,1-3H3. The first-order valence-corrected chi connectivity index (χ1v) is 9.20. The summed E-state index contributed by atoms with van der Waals surface area (Å²) in [5.41, 5.74) is -0.479. The Bertz CT molecular complexity index is 526. The molecule has 160 valence electrons. The van der Waals surface area contributed by atoms with Gasteiger partial charge in [-0.1, -0.05) is 0 Å². The van der Waals surface area contributed by atoms with Crippen LogP contribution in [0.15, 0.2) is 0 Å². The highest BCUT2D eigenvalue weighted by Gasteiger charge is 2.32. The summed E-state index contributed by atoms with van der Waals surface area (Å²) < 4.78 is 20.8. The monoisotopic (exact) mass is 403 g/mol. The number of hydrogen-bond acceptors (Lipinski definition) is 9. The molecule has 1 rings (SSSR count). The van der Waals surface area contributed by atoms with Crippen LogP contribution in [-0.2, 0) is 43.0 Å². The van der Waals surface area contributed by atoms with Gasteiger partial charge >= 0.3 is 11.9 Å². The zero-order valence-corrected chi connectivity index (χ0v) is 16.7.